The van der Waals surface area contributed by atoms with Gasteiger partial charge in [-0.05, 0) is 36.7 Å². The minimum atomic E-state index is -0.263. The molecule has 0 radical (unpaired) electrons. The van der Waals surface area contributed by atoms with Crippen molar-refractivity contribution in [3.05, 3.63) is 70.4 Å². The van der Waals surface area contributed by atoms with Gasteiger partial charge in [-0.1, -0.05) is 48.9 Å². The third kappa shape index (κ3) is 4.38. The van der Waals surface area contributed by atoms with Gasteiger partial charge in [-0.3, -0.25) is 14.5 Å². The van der Waals surface area contributed by atoms with Gasteiger partial charge in [0.2, 0.25) is 0 Å². The maximum absolute atomic E-state index is 13.6. The van der Waals surface area contributed by atoms with Crippen LogP contribution < -0.4 is 4.74 Å². The van der Waals surface area contributed by atoms with Crippen LogP contribution in [0.15, 0.2) is 54.2 Å². The van der Waals surface area contributed by atoms with Crippen molar-refractivity contribution in [3.8, 4) is 5.75 Å². The average Bonchev–Trinajstić information content (AvgIpc) is 3.08. The molecule has 0 bridgehead atoms. The fourth-order valence-electron chi connectivity index (χ4n) is 4.33. The first-order valence-electron chi connectivity index (χ1n) is 11.0. The third-order valence-electron chi connectivity index (χ3n) is 6.19. The topological polar surface area (TPSA) is 53.1 Å². The molecule has 2 aliphatic rings. The van der Waals surface area contributed by atoms with Crippen LogP contribution in [0.4, 0.5) is 0 Å². The smallest absolute Gasteiger partial charge is 0.277 e. The van der Waals surface area contributed by atoms with Crippen molar-refractivity contribution in [2.45, 2.75) is 13.3 Å². The average molecular weight is 454 g/mol. The van der Waals surface area contributed by atoms with Crippen molar-refractivity contribution in [2.75, 3.05) is 46.4 Å². The molecular weight excluding hydrogens is 426 g/mol. The number of piperazine rings is 1. The molecule has 0 spiro atoms. The van der Waals surface area contributed by atoms with Crippen LogP contribution in [0.5, 0.6) is 5.75 Å². The van der Waals surface area contributed by atoms with Gasteiger partial charge in [0.1, 0.15) is 11.4 Å². The number of hydrogen-bond donors (Lipinski definition) is 0. The van der Waals surface area contributed by atoms with E-state index in [9.17, 15) is 9.59 Å². The summed E-state index contributed by atoms with van der Waals surface area (Å²) in [5.41, 5.74) is 2.62. The van der Waals surface area contributed by atoms with E-state index in [-0.39, 0.29) is 11.8 Å². The van der Waals surface area contributed by atoms with Gasteiger partial charge in [-0.25, -0.2) is 0 Å². The van der Waals surface area contributed by atoms with E-state index in [1.165, 1.54) is 4.90 Å². The highest BCUT2D eigenvalue weighted by Gasteiger charge is 2.42. The van der Waals surface area contributed by atoms with Crippen LogP contribution in [-0.2, 0) is 16.0 Å². The zero-order valence-corrected chi connectivity index (χ0v) is 19.3. The largest absolute Gasteiger partial charge is 0.496 e. The zero-order chi connectivity index (χ0) is 22.7. The first kappa shape index (κ1) is 22.4. The van der Waals surface area contributed by atoms with E-state index in [2.05, 4.69) is 16.7 Å². The first-order chi connectivity index (χ1) is 15.5. The Hall–Kier alpha value is -2.83. The summed E-state index contributed by atoms with van der Waals surface area (Å²) in [5, 5.41) is 0.663. The van der Waals surface area contributed by atoms with Gasteiger partial charge in [-0.2, -0.15) is 0 Å². The Morgan fingerprint density at radius 2 is 1.62 bits per heavy atom. The number of rotatable bonds is 7. The highest BCUT2D eigenvalue weighted by atomic mass is 35.5. The number of carbonyl (C=O) groups is 2. The van der Waals surface area contributed by atoms with Gasteiger partial charge < -0.3 is 14.5 Å². The Morgan fingerprint density at radius 1 is 0.938 bits per heavy atom. The number of likely N-dealkylation sites (N-methyl/N-ethyl adjacent to an activating group) is 1. The fourth-order valence-corrected chi connectivity index (χ4v) is 4.46. The van der Waals surface area contributed by atoms with E-state index in [4.69, 9.17) is 16.3 Å². The van der Waals surface area contributed by atoms with E-state index >= 15 is 0 Å². The molecule has 0 atom stereocenters. The molecule has 168 valence electrons. The molecule has 2 aromatic rings. The number of hydrogen-bond acceptors (Lipinski definition) is 5. The second-order valence-corrected chi connectivity index (χ2v) is 8.42. The number of ether oxygens (including phenoxy) is 1. The summed E-state index contributed by atoms with van der Waals surface area (Å²) in [6.07, 6.45) is 0.574. The lowest BCUT2D eigenvalue weighted by Crippen LogP contribution is -2.47. The molecule has 1 fully saturated rings. The van der Waals surface area contributed by atoms with Crippen LogP contribution in [0.3, 0.4) is 0 Å². The van der Waals surface area contributed by atoms with E-state index in [0.29, 0.717) is 53.7 Å². The van der Waals surface area contributed by atoms with Crippen LogP contribution >= 0.6 is 11.6 Å². The number of imide groups is 1. The predicted octanol–water partition coefficient (Wildman–Crippen LogP) is 3.31. The van der Waals surface area contributed by atoms with E-state index < -0.39 is 0 Å². The van der Waals surface area contributed by atoms with E-state index in [0.717, 1.165) is 25.2 Å². The SMILES string of the molecule is CCN1CCN(C2=C(c3ccccc3OC)C(=O)N(CCc3ccc(Cl)cc3)C2=O)CC1. The Morgan fingerprint density at radius 3 is 2.28 bits per heavy atom. The molecule has 6 nitrogen and oxygen atoms in total. The predicted molar refractivity (Wildman–Crippen MR) is 125 cm³/mol. The minimum absolute atomic E-state index is 0.227. The van der Waals surface area contributed by atoms with Gasteiger partial charge in [0.15, 0.2) is 0 Å². The molecule has 2 aromatic carbocycles. The summed E-state index contributed by atoms with van der Waals surface area (Å²) in [6, 6.07) is 14.9. The molecule has 2 heterocycles. The maximum atomic E-state index is 13.6. The number of methoxy groups -OCH3 is 1. The van der Waals surface area contributed by atoms with Crippen molar-refractivity contribution in [3.63, 3.8) is 0 Å². The molecule has 2 amide bonds. The standard InChI is InChI=1S/C25H28ClN3O3/c1-3-27-14-16-28(17-15-27)23-22(20-6-4-5-7-21(20)32-2)24(30)29(25(23)31)13-12-18-8-10-19(26)11-9-18/h4-11H,3,12-17H2,1-2H3. The Kier molecular flexibility index (Phi) is 6.82. The van der Waals surface area contributed by atoms with E-state index in [1.54, 1.807) is 7.11 Å². The van der Waals surface area contributed by atoms with Gasteiger partial charge in [0.05, 0.1) is 12.7 Å². The lowest BCUT2D eigenvalue weighted by Gasteiger charge is -2.36. The molecule has 0 saturated carbocycles. The highest BCUT2D eigenvalue weighted by molar-refractivity contribution is 6.36. The second kappa shape index (κ2) is 9.76. The lowest BCUT2D eigenvalue weighted by atomic mass is 10.0. The van der Waals surface area contributed by atoms with Crippen LogP contribution in [0, 0.1) is 0 Å². The zero-order valence-electron chi connectivity index (χ0n) is 18.5. The van der Waals surface area contributed by atoms with Gasteiger partial charge in [-0.15, -0.1) is 0 Å². The summed E-state index contributed by atoms with van der Waals surface area (Å²) in [4.78, 5) is 32.9. The molecule has 32 heavy (non-hydrogen) atoms. The Labute approximate surface area is 194 Å². The number of carbonyl (C=O) groups excluding carboxylic acids is 2. The Balaban J connectivity index is 1.66. The third-order valence-corrected chi connectivity index (χ3v) is 6.44. The maximum Gasteiger partial charge on any atom is 0.277 e. The van der Waals surface area contributed by atoms with Crippen molar-refractivity contribution >= 4 is 29.0 Å². The minimum Gasteiger partial charge on any atom is -0.496 e. The molecule has 0 aromatic heterocycles. The molecule has 0 N–H and O–H groups in total. The van der Waals surface area contributed by atoms with E-state index in [1.807, 2.05) is 48.5 Å². The van der Waals surface area contributed by atoms with Crippen molar-refractivity contribution in [2.24, 2.45) is 0 Å². The number of nitrogens with zero attached hydrogens (tertiary/aromatic N) is 3. The molecule has 2 aliphatic heterocycles. The van der Waals surface area contributed by atoms with Crippen LogP contribution in [-0.4, -0.2) is 72.9 Å². The van der Waals surface area contributed by atoms with Crippen LogP contribution in [0.25, 0.3) is 5.57 Å². The lowest BCUT2D eigenvalue weighted by molar-refractivity contribution is -0.137. The highest BCUT2D eigenvalue weighted by Crippen LogP contribution is 2.36. The molecule has 7 heteroatoms. The van der Waals surface area contributed by atoms with Crippen molar-refractivity contribution in [1.29, 1.82) is 0 Å². The molecular formula is C25H28ClN3O3. The second-order valence-electron chi connectivity index (χ2n) is 7.98. The molecule has 0 unspecified atom stereocenters. The number of benzene rings is 2. The van der Waals surface area contributed by atoms with Crippen LogP contribution in [0.1, 0.15) is 18.1 Å². The number of halogens is 1. The summed E-state index contributed by atoms with van der Waals surface area (Å²) < 4.78 is 5.53. The molecule has 0 aliphatic carbocycles. The monoisotopic (exact) mass is 453 g/mol. The summed E-state index contributed by atoms with van der Waals surface area (Å²) >= 11 is 5.98. The summed E-state index contributed by atoms with van der Waals surface area (Å²) in [7, 11) is 1.58. The first-order valence-corrected chi connectivity index (χ1v) is 11.4. The van der Waals surface area contributed by atoms with Crippen molar-refractivity contribution in [1.82, 2.24) is 14.7 Å². The quantitative estimate of drug-likeness (QED) is 0.602. The number of para-hydroxylation sites is 1. The summed E-state index contributed by atoms with van der Waals surface area (Å²) in [6.45, 7) is 6.59. The van der Waals surface area contributed by atoms with Gasteiger partial charge >= 0.3 is 0 Å². The van der Waals surface area contributed by atoms with Crippen LogP contribution in [0.2, 0.25) is 5.02 Å². The van der Waals surface area contributed by atoms with Gasteiger partial charge in [0, 0.05) is 43.3 Å². The fraction of sp³-hybridized carbons (Fsp3) is 0.360. The molecule has 1 saturated heterocycles. The Bertz CT molecular complexity index is 1030. The normalized spacial score (nSPS) is 17.5. The molecule has 4 rings (SSSR count). The number of amides is 2. The summed E-state index contributed by atoms with van der Waals surface area (Å²) in [5.74, 6) is 0.101. The van der Waals surface area contributed by atoms with Gasteiger partial charge in [0.25, 0.3) is 11.8 Å². The van der Waals surface area contributed by atoms with Crippen molar-refractivity contribution < 1.29 is 14.3 Å².